The number of halogens is 1. The maximum Gasteiger partial charge on any atom is 0.338 e. The van der Waals surface area contributed by atoms with Crippen molar-refractivity contribution in [2.45, 2.75) is 20.5 Å². The average Bonchev–Trinajstić information content (AvgIpc) is 3.31. The Balaban J connectivity index is 2.00. The Morgan fingerprint density at radius 3 is 2.69 bits per heavy atom. The van der Waals surface area contributed by atoms with E-state index in [-0.39, 0.29) is 13.2 Å². The molecule has 148 valence electrons. The number of rotatable bonds is 5. The van der Waals surface area contributed by atoms with Gasteiger partial charge in [0.15, 0.2) is 5.76 Å². The predicted molar refractivity (Wildman–Crippen MR) is 108 cm³/mol. The summed E-state index contributed by atoms with van der Waals surface area (Å²) < 4.78 is 12.1. The highest BCUT2D eigenvalue weighted by molar-refractivity contribution is 6.30. The number of aryl methyl sites for hydroxylation is 1. The lowest BCUT2D eigenvalue weighted by molar-refractivity contribution is 0.0525. The monoisotopic (exact) mass is 411 g/mol. The molecule has 0 atom stereocenters. The Bertz CT molecular complexity index is 1190. The van der Waals surface area contributed by atoms with E-state index >= 15 is 0 Å². The minimum absolute atomic E-state index is 0.268. The maximum absolute atomic E-state index is 12.4. The van der Waals surface area contributed by atoms with Crippen molar-refractivity contribution < 1.29 is 19.2 Å². The summed E-state index contributed by atoms with van der Waals surface area (Å²) in [6.45, 7) is 3.61. The molecule has 0 aliphatic rings. The minimum atomic E-state index is -0.399. The first-order valence-electron chi connectivity index (χ1n) is 9.04. The van der Waals surface area contributed by atoms with Gasteiger partial charge in [-0.25, -0.2) is 9.31 Å². The van der Waals surface area contributed by atoms with E-state index in [9.17, 15) is 9.90 Å². The van der Waals surface area contributed by atoms with E-state index in [4.69, 9.17) is 26.0 Å². The van der Waals surface area contributed by atoms with Crippen molar-refractivity contribution in [3.05, 3.63) is 64.5 Å². The third-order valence-corrected chi connectivity index (χ3v) is 4.81. The van der Waals surface area contributed by atoms with E-state index < -0.39 is 5.97 Å². The van der Waals surface area contributed by atoms with Gasteiger partial charge < -0.3 is 14.4 Å². The summed E-state index contributed by atoms with van der Waals surface area (Å²) >= 11 is 6.03. The normalized spacial score (nSPS) is 11.2. The van der Waals surface area contributed by atoms with Crippen molar-refractivity contribution in [2.24, 2.45) is 0 Å². The number of pyridine rings is 1. The van der Waals surface area contributed by atoms with Crippen LogP contribution in [0.3, 0.4) is 0 Å². The highest BCUT2D eigenvalue weighted by Gasteiger charge is 2.22. The summed E-state index contributed by atoms with van der Waals surface area (Å²) in [4.78, 5) is 12.4. The number of carbonyl (C=O) groups excluding carboxylic acids is 1. The van der Waals surface area contributed by atoms with Gasteiger partial charge in [0.25, 0.3) is 0 Å². The lowest BCUT2D eigenvalue weighted by Gasteiger charge is -2.06. The van der Waals surface area contributed by atoms with Gasteiger partial charge in [-0.2, -0.15) is 5.10 Å². The lowest BCUT2D eigenvalue weighted by atomic mass is 10.0. The quantitative estimate of drug-likeness (QED) is 0.493. The van der Waals surface area contributed by atoms with Crippen LogP contribution < -0.4 is 0 Å². The second-order valence-corrected chi connectivity index (χ2v) is 6.92. The topological polar surface area (TPSA) is 89.9 Å². The van der Waals surface area contributed by atoms with Crippen LogP contribution in [0.4, 0.5) is 0 Å². The smallest absolute Gasteiger partial charge is 0.338 e. The number of ether oxygens (including phenoxy) is 1. The summed E-state index contributed by atoms with van der Waals surface area (Å²) in [6.07, 6.45) is 1.78. The number of nitrogens with zero attached hydrogens (tertiary/aromatic N) is 3. The van der Waals surface area contributed by atoms with Crippen molar-refractivity contribution >= 4 is 23.1 Å². The molecule has 7 nitrogen and oxygen atoms in total. The van der Waals surface area contributed by atoms with E-state index in [1.165, 1.54) is 0 Å². The summed E-state index contributed by atoms with van der Waals surface area (Å²) in [5.41, 5.74) is 4.53. The molecule has 0 aliphatic carbocycles. The van der Waals surface area contributed by atoms with Crippen LogP contribution in [0.2, 0.25) is 5.02 Å². The van der Waals surface area contributed by atoms with Crippen LogP contribution in [0.1, 0.15) is 28.6 Å². The molecule has 0 unspecified atom stereocenters. The van der Waals surface area contributed by atoms with E-state index in [2.05, 4.69) is 5.16 Å². The van der Waals surface area contributed by atoms with Gasteiger partial charge in [-0.3, -0.25) is 0 Å². The number of carbonyl (C=O) groups is 1. The molecule has 1 N–H and O–H groups in total. The second kappa shape index (κ2) is 7.69. The number of hydrogen-bond acceptors (Lipinski definition) is 6. The van der Waals surface area contributed by atoms with E-state index in [0.29, 0.717) is 38.8 Å². The van der Waals surface area contributed by atoms with Gasteiger partial charge in [0.2, 0.25) is 0 Å². The molecule has 0 amide bonds. The summed E-state index contributed by atoms with van der Waals surface area (Å²) in [5.74, 6) is -0.0666. The van der Waals surface area contributed by atoms with Crippen LogP contribution in [0, 0.1) is 6.92 Å². The SMILES string of the molecule is CCOC(=O)c1cc2c(-c3cc(CO)on3)c(-c3ccc(Cl)cc3)nn2cc1C. The Morgan fingerprint density at radius 1 is 1.28 bits per heavy atom. The molecule has 0 fully saturated rings. The Hall–Kier alpha value is -3.16. The number of hydrogen-bond donors (Lipinski definition) is 1. The molecule has 29 heavy (non-hydrogen) atoms. The summed E-state index contributed by atoms with van der Waals surface area (Å²) in [7, 11) is 0. The van der Waals surface area contributed by atoms with Gasteiger partial charge in [0, 0.05) is 22.8 Å². The molecular formula is C21H18ClN3O4. The van der Waals surface area contributed by atoms with Gasteiger partial charge >= 0.3 is 5.97 Å². The Kier molecular flexibility index (Phi) is 5.08. The summed E-state index contributed by atoms with van der Waals surface area (Å²) in [5, 5.41) is 18.8. The molecule has 0 aliphatic heterocycles. The highest BCUT2D eigenvalue weighted by Crippen LogP contribution is 2.36. The molecule has 0 spiro atoms. The highest BCUT2D eigenvalue weighted by atomic mass is 35.5. The fraction of sp³-hybridized carbons (Fsp3) is 0.190. The van der Waals surface area contributed by atoms with Crippen LogP contribution in [-0.2, 0) is 11.3 Å². The van der Waals surface area contributed by atoms with Gasteiger partial charge in [-0.1, -0.05) is 28.9 Å². The van der Waals surface area contributed by atoms with Crippen molar-refractivity contribution in [3.63, 3.8) is 0 Å². The van der Waals surface area contributed by atoms with Crippen LogP contribution in [-0.4, -0.2) is 32.5 Å². The number of benzene rings is 1. The molecule has 3 aromatic heterocycles. The van der Waals surface area contributed by atoms with Crippen LogP contribution in [0.25, 0.3) is 28.0 Å². The molecule has 4 aromatic rings. The molecule has 0 saturated carbocycles. The molecule has 0 saturated heterocycles. The average molecular weight is 412 g/mol. The van der Waals surface area contributed by atoms with Gasteiger partial charge in [-0.15, -0.1) is 0 Å². The maximum atomic E-state index is 12.4. The molecule has 4 rings (SSSR count). The molecule has 1 aromatic carbocycles. The second-order valence-electron chi connectivity index (χ2n) is 6.49. The van der Waals surface area contributed by atoms with Gasteiger partial charge in [0.05, 0.1) is 23.3 Å². The van der Waals surface area contributed by atoms with Gasteiger partial charge in [-0.05, 0) is 37.6 Å². The Labute approximate surface area is 171 Å². The zero-order chi connectivity index (χ0) is 20.5. The molecular weight excluding hydrogens is 394 g/mol. The minimum Gasteiger partial charge on any atom is -0.462 e. The fourth-order valence-electron chi connectivity index (χ4n) is 3.18. The first-order chi connectivity index (χ1) is 14.0. The van der Waals surface area contributed by atoms with Crippen LogP contribution in [0.5, 0.6) is 0 Å². The zero-order valence-electron chi connectivity index (χ0n) is 15.8. The first kappa shape index (κ1) is 19.2. The summed E-state index contributed by atoms with van der Waals surface area (Å²) in [6, 6.07) is 10.7. The van der Waals surface area contributed by atoms with Crippen molar-refractivity contribution in [1.82, 2.24) is 14.8 Å². The lowest BCUT2D eigenvalue weighted by Crippen LogP contribution is -2.08. The number of aliphatic hydroxyl groups excluding tert-OH is 1. The van der Waals surface area contributed by atoms with E-state index in [1.807, 2.05) is 19.1 Å². The molecule has 3 heterocycles. The van der Waals surface area contributed by atoms with Crippen molar-refractivity contribution in [3.8, 4) is 22.5 Å². The molecule has 0 bridgehead atoms. The van der Waals surface area contributed by atoms with Crippen molar-refractivity contribution in [1.29, 1.82) is 0 Å². The largest absolute Gasteiger partial charge is 0.462 e. The zero-order valence-corrected chi connectivity index (χ0v) is 16.6. The predicted octanol–water partition coefficient (Wildman–Crippen LogP) is 4.29. The van der Waals surface area contributed by atoms with E-state index in [1.54, 1.807) is 41.9 Å². The molecule has 0 radical (unpaired) electrons. The van der Waals surface area contributed by atoms with Gasteiger partial charge in [0.1, 0.15) is 18.0 Å². The van der Waals surface area contributed by atoms with E-state index in [0.717, 1.165) is 11.1 Å². The van der Waals surface area contributed by atoms with Crippen LogP contribution >= 0.6 is 11.6 Å². The number of aliphatic hydroxyl groups is 1. The van der Waals surface area contributed by atoms with Crippen LogP contribution in [0.15, 0.2) is 47.1 Å². The number of esters is 1. The first-order valence-corrected chi connectivity index (χ1v) is 9.42. The number of aromatic nitrogens is 3. The fourth-order valence-corrected chi connectivity index (χ4v) is 3.31. The third-order valence-electron chi connectivity index (χ3n) is 4.55. The third kappa shape index (κ3) is 3.50. The molecule has 8 heteroatoms. The Morgan fingerprint density at radius 2 is 2.03 bits per heavy atom. The standard InChI is InChI=1S/C21H18ClN3O4/c1-3-28-21(27)16-9-18-19(17-8-15(11-26)29-24-17)20(23-25(18)10-12(16)2)13-4-6-14(22)7-5-13/h4-10,26H,3,11H2,1-2H3. The number of fused-ring (bicyclic) bond motifs is 1. The van der Waals surface area contributed by atoms with Crippen molar-refractivity contribution in [2.75, 3.05) is 6.61 Å².